The number of rotatable bonds is 1. The zero-order valence-corrected chi connectivity index (χ0v) is 13.1. The van der Waals surface area contributed by atoms with Crippen LogP contribution in [0.4, 0.5) is 0 Å². The van der Waals surface area contributed by atoms with E-state index in [1.807, 2.05) is 0 Å². The zero-order valence-electron chi connectivity index (χ0n) is 13.1. The van der Waals surface area contributed by atoms with Crippen LogP contribution in [-0.2, 0) is 0 Å². The largest absolute Gasteiger partial charge is 0.298 e. The maximum atomic E-state index is 2.82. The Balaban J connectivity index is 2.09. The molecule has 0 bridgehead atoms. The summed E-state index contributed by atoms with van der Waals surface area (Å²) in [7, 11) is 0. The van der Waals surface area contributed by atoms with E-state index in [0.29, 0.717) is 11.6 Å². The lowest BCUT2D eigenvalue weighted by Gasteiger charge is -2.52. The van der Waals surface area contributed by atoms with Crippen LogP contribution in [0, 0.1) is 5.92 Å². The smallest absolute Gasteiger partial charge is 0.0229 e. The van der Waals surface area contributed by atoms with E-state index in [4.69, 9.17) is 0 Å². The Kier molecular flexibility index (Phi) is 4.38. The molecule has 106 valence electrons. The van der Waals surface area contributed by atoms with Crippen molar-refractivity contribution in [3.05, 3.63) is 0 Å². The summed E-state index contributed by atoms with van der Waals surface area (Å²) < 4.78 is 0. The third kappa shape index (κ3) is 3.08. The number of hydrogen-bond donors (Lipinski definition) is 0. The van der Waals surface area contributed by atoms with Crippen LogP contribution in [-0.4, -0.2) is 47.1 Å². The van der Waals surface area contributed by atoms with Gasteiger partial charge in [0.15, 0.2) is 0 Å². The Hall–Kier alpha value is -0.0800. The molecule has 0 N–H and O–H groups in total. The molecule has 18 heavy (non-hydrogen) atoms. The summed E-state index contributed by atoms with van der Waals surface area (Å²) in [6.45, 7) is 15.9. The van der Waals surface area contributed by atoms with Gasteiger partial charge in [-0.1, -0.05) is 19.8 Å². The molecular formula is C16H32N2. The van der Waals surface area contributed by atoms with Crippen LogP contribution < -0.4 is 0 Å². The highest BCUT2D eigenvalue weighted by atomic mass is 15.3. The predicted octanol–water partition coefficient (Wildman–Crippen LogP) is 3.37. The zero-order chi connectivity index (χ0) is 13.3. The average Bonchev–Trinajstić information content (AvgIpc) is 2.26. The van der Waals surface area contributed by atoms with Crippen molar-refractivity contribution in [3.63, 3.8) is 0 Å². The molecule has 2 heteroatoms. The van der Waals surface area contributed by atoms with E-state index in [9.17, 15) is 0 Å². The highest BCUT2D eigenvalue weighted by molar-refractivity contribution is 4.94. The lowest BCUT2D eigenvalue weighted by molar-refractivity contribution is -0.0291. The van der Waals surface area contributed by atoms with Crippen molar-refractivity contribution in [1.82, 2.24) is 9.80 Å². The molecule has 2 saturated heterocycles. The Morgan fingerprint density at radius 2 is 1.83 bits per heavy atom. The van der Waals surface area contributed by atoms with E-state index in [-0.39, 0.29) is 0 Å². The number of nitrogens with zero attached hydrogens (tertiary/aromatic N) is 2. The van der Waals surface area contributed by atoms with Gasteiger partial charge in [0.25, 0.3) is 0 Å². The molecule has 0 aliphatic carbocycles. The van der Waals surface area contributed by atoms with Gasteiger partial charge in [0.2, 0.25) is 0 Å². The maximum absolute atomic E-state index is 2.82. The minimum absolute atomic E-state index is 0.396. The summed E-state index contributed by atoms with van der Waals surface area (Å²) in [6.07, 6.45) is 5.61. The topological polar surface area (TPSA) is 6.48 Å². The second-order valence-corrected chi connectivity index (χ2v) is 7.49. The van der Waals surface area contributed by atoms with Crippen LogP contribution in [0.15, 0.2) is 0 Å². The molecule has 0 aromatic rings. The van der Waals surface area contributed by atoms with Crippen molar-refractivity contribution in [2.45, 2.75) is 77.9 Å². The molecular weight excluding hydrogens is 220 g/mol. The maximum Gasteiger partial charge on any atom is 0.0229 e. The third-order valence-electron chi connectivity index (χ3n) is 5.10. The molecule has 2 unspecified atom stereocenters. The summed E-state index contributed by atoms with van der Waals surface area (Å²) in [5.41, 5.74) is 0.396. The van der Waals surface area contributed by atoms with Crippen molar-refractivity contribution in [1.29, 1.82) is 0 Å². The van der Waals surface area contributed by atoms with Crippen molar-refractivity contribution < 1.29 is 0 Å². The average molecular weight is 252 g/mol. The molecule has 0 saturated carbocycles. The Morgan fingerprint density at radius 3 is 2.50 bits per heavy atom. The highest BCUT2D eigenvalue weighted by Crippen LogP contribution is 2.34. The number of piperazine rings is 1. The molecule has 0 spiro atoms. The number of fused-ring (bicyclic) bond motifs is 1. The first kappa shape index (κ1) is 14.3. The molecule has 2 aliphatic rings. The van der Waals surface area contributed by atoms with Crippen LogP contribution in [0.2, 0.25) is 0 Å². The summed E-state index contributed by atoms with van der Waals surface area (Å²) in [6, 6.07) is 1.50. The van der Waals surface area contributed by atoms with Gasteiger partial charge in [-0.3, -0.25) is 9.80 Å². The minimum Gasteiger partial charge on any atom is -0.298 e. The van der Waals surface area contributed by atoms with Gasteiger partial charge in [-0.2, -0.15) is 0 Å². The lowest BCUT2D eigenvalue weighted by atomic mass is 9.82. The van der Waals surface area contributed by atoms with Gasteiger partial charge in [-0.15, -0.1) is 0 Å². The van der Waals surface area contributed by atoms with E-state index < -0.39 is 0 Å². The van der Waals surface area contributed by atoms with E-state index in [1.54, 1.807) is 0 Å². The monoisotopic (exact) mass is 252 g/mol. The molecule has 2 nitrogen and oxygen atoms in total. The first-order valence-corrected chi connectivity index (χ1v) is 7.91. The SMILES string of the molecule is CC1CCCC2CN(C(C)C)CCN2C(C)(C)C1. The summed E-state index contributed by atoms with van der Waals surface area (Å²) in [4.78, 5) is 5.49. The summed E-state index contributed by atoms with van der Waals surface area (Å²) in [5.74, 6) is 0.893. The highest BCUT2D eigenvalue weighted by Gasteiger charge is 2.38. The Labute approximate surface area is 114 Å². The molecule has 0 amide bonds. The van der Waals surface area contributed by atoms with Gasteiger partial charge in [0, 0.05) is 37.3 Å². The Morgan fingerprint density at radius 1 is 1.11 bits per heavy atom. The quantitative estimate of drug-likeness (QED) is 0.706. The lowest BCUT2D eigenvalue weighted by Crippen LogP contribution is -2.61. The van der Waals surface area contributed by atoms with Crippen LogP contribution >= 0.6 is 0 Å². The second kappa shape index (κ2) is 5.50. The van der Waals surface area contributed by atoms with E-state index in [0.717, 1.165) is 12.0 Å². The summed E-state index contributed by atoms with van der Waals surface area (Å²) >= 11 is 0. The normalized spacial score (nSPS) is 35.0. The van der Waals surface area contributed by atoms with E-state index >= 15 is 0 Å². The fourth-order valence-electron chi connectivity index (χ4n) is 4.17. The van der Waals surface area contributed by atoms with Gasteiger partial charge in [-0.05, 0) is 46.5 Å². The van der Waals surface area contributed by atoms with Gasteiger partial charge in [0.1, 0.15) is 0 Å². The first-order chi connectivity index (χ1) is 8.40. The van der Waals surface area contributed by atoms with Crippen LogP contribution in [0.25, 0.3) is 0 Å². The van der Waals surface area contributed by atoms with Crippen molar-refractivity contribution in [3.8, 4) is 0 Å². The van der Waals surface area contributed by atoms with Crippen molar-refractivity contribution in [2.24, 2.45) is 5.92 Å². The van der Waals surface area contributed by atoms with Gasteiger partial charge in [-0.25, -0.2) is 0 Å². The summed E-state index contributed by atoms with van der Waals surface area (Å²) in [5, 5.41) is 0. The predicted molar refractivity (Wildman–Crippen MR) is 78.9 cm³/mol. The fraction of sp³-hybridized carbons (Fsp3) is 1.00. The molecule has 0 aromatic heterocycles. The van der Waals surface area contributed by atoms with E-state index in [2.05, 4.69) is 44.4 Å². The van der Waals surface area contributed by atoms with Crippen LogP contribution in [0.5, 0.6) is 0 Å². The Bertz CT molecular complexity index is 272. The van der Waals surface area contributed by atoms with Crippen LogP contribution in [0.3, 0.4) is 0 Å². The van der Waals surface area contributed by atoms with Crippen molar-refractivity contribution >= 4 is 0 Å². The molecule has 2 atom stereocenters. The van der Waals surface area contributed by atoms with Gasteiger partial charge < -0.3 is 0 Å². The standard InChI is InChI=1S/C16H32N2/c1-13(2)17-9-10-18-15(12-17)8-6-7-14(3)11-16(18,4)5/h13-15H,6-12H2,1-5H3. The molecule has 0 radical (unpaired) electrons. The molecule has 0 aromatic carbocycles. The number of hydrogen-bond acceptors (Lipinski definition) is 2. The fourth-order valence-corrected chi connectivity index (χ4v) is 4.17. The molecule has 2 rings (SSSR count). The van der Waals surface area contributed by atoms with Crippen molar-refractivity contribution in [2.75, 3.05) is 19.6 Å². The first-order valence-electron chi connectivity index (χ1n) is 7.91. The van der Waals surface area contributed by atoms with Crippen LogP contribution in [0.1, 0.15) is 60.3 Å². The molecule has 2 heterocycles. The second-order valence-electron chi connectivity index (χ2n) is 7.49. The molecule has 2 aliphatic heterocycles. The molecule has 2 fully saturated rings. The van der Waals surface area contributed by atoms with Gasteiger partial charge in [0.05, 0.1) is 0 Å². The third-order valence-corrected chi connectivity index (χ3v) is 5.10. The van der Waals surface area contributed by atoms with E-state index in [1.165, 1.54) is 45.3 Å². The van der Waals surface area contributed by atoms with Gasteiger partial charge >= 0.3 is 0 Å². The minimum atomic E-state index is 0.396.